The fourth-order valence-corrected chi connectivity index (χ4v) is 6.40. The number of carboxylic acid groups (broad SMARTS) is 1. The Hall–Kier alpha value is -1.93. The van der Waals surface area contributed by atoms with E-state index in [0.717, 1.165) is 24.1 Å². The van der Waals surface area contributed by atoms with Crippen molar-refractivity contribution < 1.29 is 23.1 Å². The van der Waals surface area contributed by atoms with Crippen molar-refractivity contribution in [2.75, 3.05) is 24.5 Å². The first kappa shape index (κ1) is 17.5. The van der Waals surface area contributed by atoms with Gasteiger partial charge in [0.25, 0.3) is 0 Å². The Morgan fingerprint density at radius 2 is 2.08 bits per heavy atom. The van der Waals surface area contributed by atoms with Gasteiger partial charge in [-0.25, -0.2) is 8.42 Å². The Kier molecular flexibility index (Phi) is 3.89. The number of fused-ring (bicyclic) bond motifs is 2. The minimum Gasteiger partial charge on any atom is -0.481 e. The molecule has 4 rings (SSSR count). The highest BCUT2D eigenvalue weighted by Crippen LogP contribution is 2.50. The first-order valence-corrected chi connectivity index (χ1v) is 10.3. The van der Waals surface area contributed by atoms with Crippen LogP contribution in [-0.2, 0) is 26.0 Å². The molecule has 1 saturated heterocycles. The van der Waals surface area contributed by atoms with Crippen LogP contribution >= 0.6 is 0 Å². The topological polar surface area (TPSA) is 95.0 Å². The molecule has 0 unspecified atom stereocenters. The standard InChI is InChI=1S/C18H22N2O5S/c1-12(21)20-8-6-13-9-15(4-5-16(13)20)26(24,25)19-10-14-3-2-7-18(14,11-19)17(22)23/h4-5,9,14H,2-3,6-8,10-11H2,1H3,(H,22,23)/t14-,18+/m0/s1. The lowest BCUT2D eigenvalue weighted by molar-refractivity contribution is -0.149. The average molecular weight is 378 g/mol. The maximum absolute atomic E-state index is 13.1. The number of carbonyl (C=O) groups excluding carboxylic acids is 1. The zero-order valence-corrected chi connectivity index (χ0v) is 15.5. The lowest BCUT2D eigenvalue weighted by Gasteiger charge is -2.23. The van der Waals surface area contributed by atoms with Crippen LogP contribution in [0.3, 0.4) is 0 Å². The number of carboxylic acids is 1. The minimum atomic E-state index is -3.75. The third kappa shape index (κ3) is 2.39. The number of hydrogen-bond donors (Lipinski definition) is 1. The van der Waals surface area contributed by atoms with Gasteiger partial charge in [-0.3, -0.25) is 9.59 Å². The second-order valence-corrected chi connectivity index (χ2v) is 9.50. The largest absolute Gasteiger partial charge is 0.481 e. The van der Waals surface area contributed by atoms with E-state index in [-0.39, 0.29) is 29.8 Å². The van der Waals surface area contributed by atoms with E-state index >= 15 is 0 Å². The molecule has 0 spiro atoms. The molecule has 1 amide bonds. The van der Waals surface area contributed by atoms with Crippen LogP contribution in [0.5, 0.6) is 0 Å². The van der Waals surface area contributed by atoms with Gasteiger partial charge in [0.1, 0.15) is 0 Å². The van der Waals surface area contributed by atoms with Crippen LogP contribution < -0.4 is 4.90 Å². The normalized spacial score (nSPS) is 28.2. The molecule has 0 bridgehead atoms. The van der Waals surface area contributed by atoms with E-state index < -0.39 is 21.4 Å². The lowest BCUT2D eigenvalue weighted by atomic mass is 9.81. The average Bonchev–Trinajstić information content (AvgIpc) is 3.26. The molecule has 2 aliphatic heterocycles. The van der Waals surface area contributed by atoms with Crippen molar-refractivity contribution >= 4 is 27.6 Å². The third-order valence-corrected chi connectivity index (χ3v) is 8.04. The molecule has 3 aliphatic rings. The number of anilines is 1. The van der Waals surface area contributed by atoms with E-state index in [1.54, 1.807) is 17.0 Å². The number of nitrogens with zero attached hydrogens (tertiary/aromatic N) is 2. The molecule has 1 aromatic rings. The van der Waals surface area contributed by atoms with Gasteiger partial charge >= 0.3 is 5.97 Å². The van der Waals surface area contributed by atoms with Gasteiger partial charge in [0, 0.05) is 32.2 Å². The summed E-state index contributed by atoms with van der Waals surface area (Å²) in [5.41, 5.74) is 0.667. The molecule has 26 heavy (non-hydrogen) atoms. The highest BCUT2D eigenvalue weighted by atomic mass is 32.2. The number of amides is 1. The van der Waals surface area contributed by atoms with Crippen LogP contribution in [-0.4, -0.2) is 49.3 Å². The molecule has 8 heteroatoms. The van der Waals surface area contributed by atoms with Crippen LogP contribution in [0.2, 0.25) is 0 Å². The van der Waals surface area contributed by atoms with E-state index in [0.29, 0.717) is 19.4 Å². The molecule has 1 saturated carbocycles. The number of aliphatic carboxylic acids is 1. The predicted molar refractivity (Wildman–Crippen MR) is 94.3 cm³/mol. The number of benzene rings is 1. The van der Waals surface area contributed by atoms with Crippen molar-refractivity contribution in [2.45, 2.75) is 37.5 Å². The van der Waals surface area contributed by atoms with E-state index in [9.17, 15) is 23.1 Å². The van der Waals surface area contributed by atoms with Crippen molar-refractivity contribution in [3.8, 4) is 0 Å². The summed E-state index contributed by atoms with van der Waals surface area (Å²) >= 11 is 0. The zero-order chi connectivity index (χ0) is 18.7. The predicted octanol–water partition coefficient (Wildman–Crippen LogP) is 1.47. The molecule has 2 fully saturated rings. The Balaban J connectivity index is 1.65. The van der Waals surface area contributed by atoms with Gasteiger partial charge in [0.15, 0.2) is 0 Å². The Morgan fingerprint density at radius 1 is 1.31 bits per heavy atom. The molecule has 1 aliphatic carbocycles. The fourth-order valence-electron chi connectivity index (χ4n) is 4.79. The molecule has 0 aromatic heterocycles. The molecule has 7 nitrogen and oxygen atoms in total. The molecule has 2 heterocycles. The summed E-state index contributed by atoms with van der Waals surface area (Å²) in [6, 6.07) is 4.84. The van der Waals surface area contributed by atoms with Crippen LogP contribution in [0.25, 0.3) is 0 Å². The van der Waals surface area contributed by atoms with E-state index in [2.05, 4.69) is 0 Å². The fraction of sp³-hybridized carbons (Fsp3) is 0.556. The Labute approximate surface area is 152 Å². The summed E-state index contributed by atoms with van der Waals surface area (Å²) in [5, 5.41) is 9.68. The first-order chi connectivity index (χ1) is 12.3. The smallest absolute Gasteiger partial charge is 0.311 e. The maximum Gasteiger partial charge on any atom is 0.311 e. The number of carbonyl (C=O) groups is 2. The molecule has 2 atom stereocenters. The van der Waals surface area contributed by atoms with Crippen molar-refractivity contribution in [1.82, 2.24) is 4.31 Å². The second kappa shape index (κ2) is 5.79. The quantitative estimate of drug-likeness (QED) is 0.859. The van der Waals surface area contributed by atoms with Gasteiger partial charge in [0.2, 0.25) is 15.9 Å². The van der Waals surface area contributed by atoms with Crippen LogP contribution in [0.1, 0.15) is 31.7 Å². The van der Waals surface area contributed by atoms with Gasteiger partial charge in [-0.1, -0.05) is 6.42 Å². The van der Waals surface area contributed by atoms with Crippen LogP contribution in [0, 0.1) is 11.3 Å². The number of hydrogen-bond acceptors (Lipinski definition) is 4. The summed E-state index contributed by atoms with van der Waals surface area (Å²) < 4.78 is 27.5. The molecule has 140 valence electrons. The van der Waals surface area contributed by atoms with Crippen molar-refractivity contribution in [1.29, 1.82) is 0 Å². The van der Waals surface area contributed by atoms with E-state index in [1.807, 2.05) is 0 Å². The highest BCUT2D eigenvalue weighted by Gasteiger charge is 2.57. The van der Waals surface area contributed by atoms with Gasteiger partial charge in [-0.05, 0) is 48.9 Å². The van der Waals surface area contributed by atoms with Gasteiger partial charge in [-0.15, -0.1) is 0 Å². The monoisotopic (exact) mass is 378 g/mol. The molecular weight excluding hydrogens is 356 g/mol. The van der Waals surface area contributed by atoms with Crippen molar-refractivity contribution in [2.24, 2.45) is 11.3 Å². The highest BCUT2D eigenvalue weighted by molar-refractivity contribution is 7.89. The Bertz CT molecular complexity index is 897. The summed E-state index contributed by atoms with van der Waals surface area (Å²) in [6.07, 6.45) is 2.76. The third-order valence-electron chi connectivity index (χ3n) is 6.23. The number of sulfonamides is 1. The van der Waals surface area contributed by atoms with Crippen molar-refractivity contribution in [3.05, 3.63) is 23.8 Å². The number of rotatable bonds is 3. The second-order valence-electron chi connectivity index (χ2n) is 7.56. The SMILES string of the molecule is CC(=O)N1CCc2cc(S(=O)(=O)N3C[C@@H]4CCC[C@@]4(C(=O)O)C3)ccc21. The lowest BCUT2D eigenvalue weighted by Crippen LogP contribution is -2.37. The summed E-state index contributed by atoms with van der Waals surface area (Å²) in [6.45, 7) is 2.37. The summed E-state index contributed by atoms with van der Waals surface area (Å²) in [4.78, 5) is 25.3. The summed E-state index contributed by atoms with van der Waals surface area (Å²) in [5.74, 6) is -1.06. The van der Waals surface area contributed by atoms with Crippen molar-refractivity contribution in [3.63, 3.8) is 0 Å². The molecule has 1 aromatic carbocycles. The van der Waals surface area contributed by atoms with Gasteiger partial charge in [0.05, 0.1) is 10.3 Å². The maximum atomic E-state index is 13.1. The van der Waals surface area contributed by atoms with E-state index in [4.69, 9.17) is 0 Å². The Morgan fingerprint density at radius 3 is 2.73 bits per heavy atom. The minimum absolute atomic E-state index is 0.0476. The van der Waals surface area contributed by atoms with Gasteiger partial charge in [-0.2, -0.15) is 4.31 Å². The van der Waals surface area contributed by atoms with Crippen LogP contribution in [0.4, 0.5) is 5.69 Å². The molecule has 1 N–H and O–H groups in total. The van der Waals surface area contributed by atoms with Gasteiger partial charge < -0.3 is 10.0 Å². The zero-order valence-electron chi connectivity index (χ0n) is 14.6. The van der Waals surface area contributed by atoms with Crippen LogP contribution in [0.15, 0.2) is 23.1 Å². The van der Waals surface area contributed by atoms with E-state index in [1.165, 1.54) is 17.3 Å². The first-order valence-electron chi connectivity index (χ1n) is 8.90. The summed E-state index contributed by atoms with van der Waals surface area (Å²) in [7, 11) is -3.75. The molecular formula is C18H22N2O5S. The molecule has 0 radical (unpaired) electrons.